The highest BCUT2D eigenvalue weighted by Crippen LogP contribution is 2.11. The van der Waals surface area contributed by atoms with Crippen molar-refractivity contribution in [2.24, 2.45) is 0 Å². The van der Waals surface area contributed by atoms with Crippen molar-refractivity contribution in [2.45, 2.75) is 0 Å². The topological polar surface area (TPSA) is 54.9 Å². The Morgan fingerprint density at radius 3 is 2.62 bits per heavy atom. The largest absolute Gasteiger partial charge is 0.321 e. The fraction of sp³-hybridized carbons (Fsp3) is 0. The Kier molecular flexibility index (Phi) is 3.12. The molecule has 0 aliphatic carbocycles. The summed E-state index contributed by atoms with van der Waals surface area (Å²) in [5, 5.41) is 2.74. The molecule has 0 saturated heterocycles. The molecule has 0 unspecified atom stereocenters. The first kappa shape index (κ1) is 10.6. The summed E-state index contributed by atoms with van der Waals surface area (Å²) in [7, 11) is 0. The molecule has 0 spiro atoms. The second-order valence-corrected chi connectivity index (χ2v) is 3.30. The van der Waals surface area contributed by atoms with Gasteiger partial charge in [0.15, 0.2) is 10.8 Å². The van der Waals surface area contributed by atoms with Gasteiger partial charge in [0.1, 0.15) is 0 Å². The summed E-state index contributed by atoms with van der Waals surface area (Å²) in [5.41, 5.74) is 0.766. The summed E-state index contributed by atoms with van der Waals surface area (Å²) in [5.74, 6) is -0.385. The zero-order valence-corrected chi connectivity index (χ0v) is 8.90. The summed E-state index contributed by atoms with van der Waals surface area (Å²) in [6.45, 7) is 0. The molecule has 0 fully saturated rings. The molecule has 1 heterocycles. The zero-order valence-electron chi connectivity index (χ0n) is 8.14. The van der Waals surface area contributed by atoms with Crippen LogP contribution in [0.3, 0.4) is 0 Å². The fourth-order valence-corrected chi connectivity index (χ4v) is 1.32. The number of nitrogens with one attached hydrogen (secondary N) is 1. The second kappa shape index (κ2) is 4.72. The third kappa shape index (κ3) is 2.35. The molecule has 4 nitrogen and oxygen atoms in total. The highest BCUT2D eigenvalue weighted by atomic mass is 35.5. The molecule has 0 aliphatic heterocycles. The van der Waals surface area contributed by atoms with Crippen molar-refractivity contribution < 1.29 is 4.79 Å². The second-order valence-electron chi connectivity index (χ2n) is 2.94. The van der Waals surface area contributed by atoms with Crippen molar-refractivity contribution in [1.29, 1.82) is 0 Å². The molecular formula is C11H7ClN3O. The predicted molar refractivity (Wildman–Crippen MR) is 60.3 cm³/mol. The van der Waals surface area contributed by atoms with Crippen molar-refractivity contribution in [3.05, 3.63) is 53.6 Å². The van der Waals surface area contributed by atoms with Crippen LogP contribution in [0, 0.1) is 6.07 Å². The zero-order chi connectivity index (χ0) is 11.4. The van der Waals surface area contributed by atoms with Gasteiger partial charge >= 0.3 is 0 Å². The third-order valence-corrected chi connectivity index (χ3v) is 2.12. The van der Waals surface area contributed by atoms with Crippen molar-refractivity contribution in [2.75, 3.05) is 5.32 Å². The number of halogens is 1. The van der Waals surface area contributed by atoms with E-state index >= 15 is 0 Å². The summed E-state index contributed by atoms with van der Waals surface area (Å²) in [6.07, 6.45) is 2.84. The SMILES string of the molecule is O=C(Nc1cc[c]cc1)c1nccnc1Cl. The van der Waals surface area contributed by atoms with Crippen molar-refractivity contribution in [1.82, 2.24) is 9.97 Å². The lowest BCUT2D eigenvalue weighted by atomic mass is 10.3. The molecule has 0 atom stereocenters. The molecule has 2 rings (SSSR count). The summed E-state index contributed by atoms with van der Waals surface area (Å²) >= 11 is 5.74. The number of anilines is 1. The third-order valence-electron chi connectivity index (χ3n) is 1.84. The van der Waals surface area contributed by atoms with E-state index in [1.54, 1.807) is 24.3 Å². The van der Waals surface area contributed by atoms with Crippen LogP contribution in [0.2, 0.25) is 5.15 Å². The lowest BCUT2D eigenvalue weighted by Crippen LogP contribution is -2.14. The van der Waals surface area contributed by atoms with E-state index in [9.17, 15) is 4.79 Å². The number of hydrogen-bond acceptors (Lipinski definition) is 3. The number of carbonyl (C=O) groups excluding carboxylic acids is 1. The van der Waals surface area contributed by atoms with Gasteiger partial charge in [-0.15, -0.1) is 0 Å². The van der Waals surface area contributed by atoms with Crippen LogP contribution in [0.15, 0.2) is 36.7 Å². The minimum atomic E-state index is -0.385. The van der Waals surface area contributed by atoms with Crippen LogP contribution in [0.4, 0.5) is 5.69 Å². The van der Waals surface area contributed by atoms with E-state index in [1.807, 2.05) is 0 Å². The van der Waals surface area contributed by atoms with E-state index < -0.39 is 0 Å². The van der Waals surface area contributed by atoms with Crippen LogP contribution in [0.25, 0.3) is 0 Å². The minimum Gasteiger partial charge on any atom is -0.321 e. The van der Waals surface area contributed by atoms with E-state index in [0.717, 1.165) is 0 Å². The summed E-state index contributed by atoms with van der Waals surface area (Å²) in [4.78, 5) is 19.4. The maximum absolute atomic E-state index is 11.7. The normalized spacial score (nSPS) is 9.81. The van der Waals surface area contributed by atoms with Gasteiger partial charge in [-0.05, 0) is 18.2 Å². The van der Waals surface area contributed by atoms with E-state index in [1.165, 1.54) is 12.4 Å². The number of amides is 1. The molecule has 1 N–H and O–H groups in total. The number of nitrogens with zero attached hydrogens (tertiary/aromatic N) is 2. The highest BCUT2D eigenvalue weighted by Gasteiger charge is 2.12. The van der Waals surface area contributed by atoms with Crippen LogP contribution in [0.1, 0.15) is 10.5 Å². The first-order chi connectivity index (χ1) is 7.77. The molecule has 79 valence electrons. The number of hydrogen-bond donors (Lipinski definition) is 1. The van der Waals surface area contributed by atoms with Gasteiger partial charge in [0.05, 0.1) is 0 Å². The molecule has 5 heteroatoms. The Labute approximate surface area is 97.3 Å². The molecule has 0 aliphatic rings. The first-order valence-electron chi connectivity index (χ1n) is 4.51. The van der Waals surface area contributed by atoms with Crippen LogP contribution in [0.5, 0.6) is 0 Å². The number of aromatic nitrogens is 2. The Bertz CT molecular complexity index is 502. The number of benzene rings is 1. The quantitative estimate of drug-likeness (QED) is 0.864. The average Bonchev–Trinajstić information content (AvgIpc) is 2.31. The lowest BCUT2D eigenvalue weighted by Gasteiger charge is -2.04. The van der Waals surface area contributed by atoms with Crippen molar-refractivity contribution in [3.8, 4) is 0 Å². The molecule has 1 aromatic carbocycles. The lowest BCUT2D eigenvalue weighted by molar-refractivity contribution is 0.102. The van der Waals surface area contributed by atoms with Gasteiger partial charge in [-0.2, -0.15) is 0 Å². The molecule has 1 amide bonds. The summed E-state index contributed by atoms with van der Waals surface area (Å²) < 4.78 is 0. The fourth-order valence-electron chi connectivity index (χ4n) is 1.13. The summed E-state index contributed by atoms with van der Waals surface area (Å²) in [6, 6.07) is 9.71. The Balaban J connectivity index is 2.19. The first-order valence-corrected chi connectivity index (χ1v) is 4.89. The van der Waals surface area contributed by atoms with E-state index in [4.69, 9.17) is 11.6 Å². The highest BCUT2D eigenvalue weighted by molar-refractivity contribution is 6.32. The van der Waals surface area contributed by atoms with Crippen LogP contribution in [-0.2, 0) is 0 Å². The number of carbonyl (C=O) groups is 1. The Morgan fingerprint density at radius 2 is 1.94 bits per heavy atom. The van der Waals surface area contributed by atoms with Gasteiger partial charge in [-0.3, -0.25) is 4.79 Å². The molecule has 1 radical (unpaired) electrons. The van der Waals surface area contributed by atoms with Crippen LogP contribution in [-0.4, -0.2) is 15.9 Å². The molecular weight excluding hydrogens is 226 g/mol. The van der Waals surface area contributed by atoms with Gasteiger partial charge in [0.2, 0.25) is 0 Å². The number of rotatable bonds is 2. The molecule has 2 aromatic rings. The minimum absolute atomic E-state index is 0.0856. The maximum atomic E-state index is 11.7. The molecule has 0 bridgehead atoms. The van der Waals surface area contributed by atoms with Crippen molar-refractivity contribution >= 4 is 23.2 Å². The van der Waals surface area contributed by atoms with Gasteiger partial charge in [-0.1, -0.05) is 23.7 Å². The average molecular weight is 233 g/mol. The van der Waals surface area contributed by atoms with Gasteiger partial charge in [0, 0.05) is 18.1 Å². The van der Waals surface area contributed by atoms with E-state index in [-0.39, 0.29) is 16.8 Å². The molecule has 0 saturated carbocycles. The van der Waals surface area contributed by atoms with E-state index in [0.29, 0.717) is 5.69 Å². The Hall–Kier alpha value is -1.94. The standard InChI is InChI=1S/C11H7ClN3O/c12-10-9(13-6-7-14-10)11(16)15-8-4-2-1-3-5-8/h2-7H,(H,15,16). The van der Waals surface area contributed by atoms with E-state index in [2.05, 4.69) is 21.4 Å². The van der Waals surface area contributed by atoms with Gasteiger partial charge < -0.3 is 5.32 Å². The predicted octanol–water partition coefficient (Wildman–Crippen LogP) is 2.18. The molecule has 16 heavy (non-hydrogen) atoms. The van der Waals surface area contributed by atoms with Gasteiger partial charge in [-0.25, -0.2) is 9.97 Å². The van der Waals surface area contributed by atoms with Crippen LogP contribution >= 0.6 is 11.6 Å². The van der Waals surface area contributed by atoms with Crippen molar-refractivity contribution in [3.63, 3.8) is 0 Å². The van der Waals surface area contributed by atoms with Gasteiger partial charge in [0.25, 0.3) is 5.91 Å². The molecule has 1 aromatic heterocycles. The Morgan fingerprint density at radius 1 is 1.25 bits per heavy atom. The maximum Gasteiger partial charge on any atom is 0.277 e. The smallest absolute Gasteiger partial charge is 0.277 e. The monoisotopic (exact) mass is 232 g/mol. The van der Waals surface area contributed by atoms with Crippen LogP contribution < -0.4 is 5.32 Å².